The molecule has 3 rings (SSSR count). The van der Waals surface area contributed by atoms with E-state index in [1.165, 1.54) is 6.20 Å². The van der Waals surface area contributed by atoms with Crippen molar-refractivity contribution in [1.82, 2.24) is 24.9 Å². The van der Waals surface area contributed by atoms with Gasteiger partial charge in [0.15, 0.2) is 5.65 Å². The predicted octanol–water partition coefficient (Wildman–Crippen LogP) is 1.29. The number of pyridine rings is 1. The number of fused-ring (bicyclic) bond motifs is 1. The van der Waals surface area contributed by atoms with Crippen LogP contribution >= 0.6 is 0 Å². The molecule has 0 saturated carbocycles. The first kappa shape index (κ1) is 22.2. The van der Waals surface area contributed by atoms with Crippen molar-refractivity contribution in [3.63, 3.8) is 0 Å². The highest BCUT2D eigenvalue weighted by Crippen LogP contribution is 2.26. The van der Waals surface area contributed by atoms with Crippen LogP contribution in [0.2, 0.25) is 0 Å². The Bertz CT molecular complexity index is 1020. The molecule has 0 aliphatic carbocycles. The molecular weight excluding hydrogens is 402 g/mol. The fraction of sp³-hybridized carbons (Fsp3) is 0.400. The molecule has 31 heavy (non-hydrogen) atoms. The quantitative estimate of drug-likeness (QED) is 0.333. The highest BCUT2D eigenvalue weighted by molar-refractivity contribution is 6.00. The highest BCUT2D eigenvalue weighted by Gasteiger charge is 2.18. The summed E-state index contributed by atoms with van der Waals surface area (Å²) in [4.78, 5) is 21.5. The lowest BCUT2D eigenvalue weighted by atomic mass is 10.2. The number of aliphatic hydroxyl groups excluding tert-OH is 1. The normalized spacial score (nSPS) is 11.9. The lowest BCUT2D eigenvalue weighted by Gasteiger charge is -2.13. The molecule has 0 bridgehead atoms. The zero-order valence-corrected chi connectivity index (χ0v) is 17.8. The van der Waals surface area contributed by atoms with E-state index in [1.54, 1.807) is 37.0 Å². The van der Waals surface area contributed by atoms with Crippen LogP contribution < -0.4 is 20.7 Å². The van der Waals surface area contributed by atoms with Crippen LogP contribution in [-0.2, 0) is 4.74 Å². The van der Waals surface area contributed by atoms with Gasteiger partial charge in [0.2, 0.25) is 5.88 Å². The fourth-order valence-electron chi connectivity index (χ4n) is 2.92. The van der Waals surface area contributed by atoms with Gasteiger partial charge < -0.3 is 30.5 Å². The SMILES string of the molecule is CNc1cc(Nc2cccnc2OC)nc2c(C(=O)NCC(C)COCCO)cnn12. The van der Waals surface area contributed by atoms with Gasteiger partial charge in [0.1, 0.15) is 22.9 Å². The second-order valence-corrected chi connectivity index (χ2v) is 6.87. The lowest BCUT2D eigenvalue weighted by molar-refractivity contribution is 0.0696. The smallest absolute Gasteiger partial charge is 0.256 e. The maximum atomic E-state index is 12.8. The third kappa shape index (κ3) is 5.38. The van der Waals surface area contributed by atoms with E-state index in [0.29, 0.717) is 47.6 Å². The fourth-order valence-corrected chi connectivity index (χ4v) is 2.92. The van der Waals surface area contributed by atoms with Crippen LogP contribution in [0, 0.1) is 5.92 Å². The van der Waals surface area contributed by atoms with Crippen LogP contribution in [-0.4, -0.2) is 71.1 Å². The van der Waals surface area contributed by atoms with E-state index in [2.05, 4.69) is 31.0 Å². The maximum absolute atomic E-state index is 12.8. The number of carbonyl (C=O) groups excluding carboxylic acids is 1. The summed E-state index contributed by atoms with van der Waals surface area (Å²) in [6.07, 6.45) is 3.12. The van der Waals surface area contributed by atoms with E-state index in [0.717, 1.165) is 0 Å². The largest absolute Gasteiger partial charge is 0.480 e. The van der Waals surface area contributed by atoms with Gasteiger partial charge in [0.25, 0.3) is 5.91 Å². The number of carbonyl (C=O) groups is 1. The van der Waals surface area contributed by atoms with Crippen LogP contribution in [0.25, 0.3) is 5.65 Å². The number of anilines is 3. The van der Waals surface area contributed by atoms with Crippen molar-refractivity contribution < 1.29 is 19.4 Å². The van der Waals surface area contributed by atoms with E-state index >= 15 is 0 Å². The average Bonchev–Trinajstić information content (AvgIpc) is 3.21. The molecule has 0 spiro atoms. The minimum absolute atomic E-state index is 0.0256. The molecule has 11 heteroatoms. The van der Waals surface area contributed by atoms with Crippen LogP contribution in [0.3, 0.4) is 0 Å². The highest BCUT2D eigenvalue weighted by atomic mass is 16.5. The Balaban J connectivity index is 1.81. The molecule has 0 fully saturated rings. The molecule has 166 valence electrons. The molecule has 3 heterocycles. The monoisotopic (exact) mass is 429 g/mol. The molecule has 11 nitrogen and oxygen atoms in total. The number of aliphatic hydroxyl groups is 1. The molecule has 0 aromatic carbocycles. The average molecular weight is 429 g/mol. The molecule has 1 atom stereocenters. The topological polar surface area (TPSA) is 135 Å². The van der Waals surface area contributed by atoms with Gasteiger partial charge in [-0.15, -0.1) is 0 Å². The van der Waals surface area contributed by atoms with Gasteiger partial charge in [-0.05, 0) is 18.1 Å². The van der Waals surface area contributed by atoms with E-state index in [4.69, 9.17) is 14.6 Å². The van der Waals surface area contributed by atoms with Crippen molar-refractivity contribution >= 4 is 28.9 Å². The van der Waals surface area contributed by atoms with Crippen LogP contribution in [0.15, 0.2) is 30.6 Å². The second-order valence-electron chi connectivity index (χ2n) is 6.87. The van der Waals surface area contributed by atoms with Gasteiger partial charge in [0, 0.05) is 25.9 Å². The standard InChI is InChI=1S/C20H27N7O4/c1-13(12-31-8-7-28)10-23-19(29)14-11-24-27-17(21-2)9-16(26-18(14)27)25-15-5-4-6-22-20(15)30-3/h4-6,9,11,13,21,28H,7-8,10,12H2,1-3H3,(H,23,29)(H,25,26). The minimum atomic E-state index is -0.283. The van der Waals surface area contributed by atoms with Crippen molar-refractivity contribution in [2.75, 3.05) is 51.2 Å². The van der Waals surface area contributed by atoms with E-state index in [1.807, 2.05) is 13.0 Å². The van der Waals surface area contributed by atoms with E-state index in [-0.39, 0.29) is 25.0 Å². The predicted molar refractivity (Wildman–Crippen MR) is 116 cm³/mol. The van der Waals surface area contributed by atoms with Crippen LogP contribution in [0.1, 0.15) is 17.3 Å². The number of hydrogen-bond acceptors (Lipinski definition) is 9. The Labute approximate surface area is 179 Å². The number of ether oxygens (including phenoxy) is 2. The minimum Gasteiger partial charge on any atom is -0.480 e. The summed E-state index contributed by atoms with van der Waals surface area (Å²) in [6.45, 7) is 3.07. The molecule has 1 amide bonds. The molecule has 3 aromatic rings. The molecule has 0 aliphatic heterocycles. The van der Waals surface area contributed by atoms with Gasteiger partial charge in [-0.3, -0.25) is 4.79 Å². The zero-order chi connectivity index (χ0) is 22.2. The Morgan fingerprint density at radius 3 is 2.97 bits per heavy atom. The van der Waals surface area contributed by atoms with Gasteiger partial charge in [0.05, 0.1) is 33.1 Å². The Morgan fingerprint density at radius 1 is 1.39 bits per heavy atom. The zero-order valence-electron chi connectivity index (χ0n) is 17.8. The number of amides is 1. The maximum Gasteiger partial charge on any atom is 0.256 e. The summed E-state index contributed by atoms with van der Waals surface area (Å²) in [7, 11) is 3.30. The third-order valence-corrected chi connectivity index (χ3v) is 4.45. The van der Waals surface area contributed by atoms with Gasteiger partial charge in [-0.1, -0.05) is 6.92 Å². The van der Waals surface area contributed by atoms with Crippen molar-refractivity contribution in [3.8, 4) is 5.88 Å². The van der Waals surface area contributed by atoms with E-state index in [9.17, 15) is 4.79 Å². The summed E-state index contributed by atoms with van der Waals surface area (Å²) in [5, 5.41) is 22.2. The summed E-state index contributed by atoms with van der Waals surface area (Å²) in [6, 6.07) is 5.38. The Kier molecular flexibility index (Phi) is 7.57. The Morgan fingerprint density at radius 2 is 2.23 bits per heavy atom. The third-order valence-electron chi connectivity index (χ3n) is 4.45. The lowest BCUT2D eigenvalue weighted by Crippen LogP contribution is -2.30. The summed E-state index contributed by atoms with van der Waals surface area (Å²) in [5.74, 6) is 1.39. The molecular formula is C20H27N7O4. The Hall–Kier alpha value is -3.44. The van der Waals surface area contributed by atoms with Crippen molar-refractivity contribution in [2.45, 2.75) is 6.92 Å². The first-order valence-corrected chi connectivity index (χ1v) is 9.86. The number of rotatable bonds is 11. The molecule has 3 aromatic heterocycles. The van der Waals surface area contributed by atoms with Gasteiger partial charge in [-0.2, -0.15) is 9.61 Å². The molecule has 0 radical (unpaired) electrons. The first-order valence-electron chi connectivity index (χ1n) is 9.86. The molecule has 1 unspecified atom stereocenters. The van der Waals surface area contributed by atoms with E-state index < -0.39 is 0 Å². The molecule has 4 N–H and O–H groups in total. The first-order chi connectivity index (χ1) is 15.1. The van der Waals surface area contributed by atoms with Crippen molar-refractivity contribution in [1.29, 1.82) is 0 Å². The van der Waals surface area contributed by atoms with Crippen LogP contribution in [0.4, 0.5) is 17.3 Å². The van der Waals surface area contributed by atoms with Gasteiger partial charge >= 0.3 is 0 Å². The summed E-state index contributed by atoms with van der Waals surface area (Å²) in [5.41, 5.74) is 1.40. The number of hydrogen-bond donors (Lipinski definition) is 4. The molecule has 0 aliphatic rings. The number of nitrogens with zero attached hydrogens (tertiary/aromatic N) is 4. The number of nitrogens with one attached hydrogen (secondary N) is 3. The number of aromatic nitrogens is 4. The van der Waals surface area contributed by atoms with Crippen molar-refractivity contribution in [3.05, 3.63) is 36.2 Å². The summed E-state index contributed by atoms with van der Waals surface area (Å²) < 4.78 is 12.1. The van der Waals surface area contributed by atoms with Crippen LogP contribution in [0.5, 0.6) is 5.88 Å². The van der Waals surface area contributed by atoms with Gasteiger partial charge in [-0.25, -0.2) is 9.97 Å². The number of methoxy groups -OCH3 is 1. The second kappa shape index (κ2) is 10.5. The van der Waals surface area contributed by atoms with Crippen molar-refractivity contribution in [2.24, 2.45) is 5.92 Å². The molecule has 0 saturated heterocycles. The summed E-state index contributed by atoms with van der Waals surface area (Å²) >= 11 is 0.